The Morgan fingerprint density at radius 2 is 0.778 bits per heavy atom. The summed E-state index contributed by atoms with van der Waals surface area (Å²) in [7, 11) is 0. The van der Waals surface area contributed by atoms with E-state index in [0.29, 0.717) is 19.3 Å². The van der Waals surface area contributed by atoms with Crippen LogP contribution in [0.5, 0.6) is 0 Å². The van der Waals surface area contributed by atoms with Crippen LogP contribution in [0.2, 0.25) is 0 Å². The summed E-state index contributed by atoms with van der Waals surface area (Å²) in [5.74, 6) is -0.597. The third kappa shape index (κ3) is 36.2. The van der Waals surface area contributed by atoms with Crippen LogP contribution in [0.4, 0.5) is 0 Å². The molecule has 0 rings (SSSR count). The number of hydrogen-bond acceptors (Lipinski definition) is 5. The number of carbonyl (C=O) groups excluding carboxylic acids is 1. The van der Waals surface area contributed by atoms with Crippen LogP contribution in [-0.2, 0) is 4.79 Å². The molecule has 1 amide bonds. The number of aliphatic hydroxyl groups excluding tert-OH is 4. The van der Waals surface area contributed by atoms with Crippen molar-refractivity contribution in [2.24, 2.45) is 0 Å². The molecule has 0 aliphatic heterocycles. The van der Waals surface area contributed by atoms with Gasteiger partial charge in [0.25, 0.3) is 0 Å². The van der Waals surface area contributed by atoms with Gasteiger partial charge in [0.2, 0.25) is 5.91 Å². The minimum absolute atomic E-state index is 0.362. The first-order chi connectivity index (χ1) is 26.5. The van der Waals surface area contributed by atoms with Crippen molar-refractivity contribution in [1.29, 1.82) is 0 Å². The molecule has 6 nitrogen and oxygen atoms in total. The summed E-state index contributed by atoms with van der Waals surface area (Å²) in [6, 6.07) is -1.01. The minimum atomic E-state index is -1.29. The highest BCUT2D eigenvalue weighted by Crippen LogP contribution is 2.16. The second kappa shape index (κ2) is 42.7. The topological polar surface area (TPSA) is 110 Å². The molecule has 54 heavy (non-hydrogen) atoms. The summed E-state index contributed by atoms with van der Waals surface area (Å²) in [6.45, 7) is 4.02. The Morgan fingerprint density at radius 3 is 1.17 bits per heavy atom. The summed E-state index contributed by atoms with van der Waals surface area (Å²) in [5, 5.41) is 43.7. The highest BCUT2D eigenvalue weighted by atomic mass is 16.3. The molecular weight excluding hydrogens is 671 g/mol. The van der Waals surface area contributed by atoms with Gasteiger partial charge in [0, 0.05) is 0 Å². The van der Waals surface area contributed by atoms with E-state index in [1.165, 1.54) is 148 Å². The van der Waals surface area contributed by atoms with E-state index in [-0.39, 0.29) is 0 Å². The molecule has 0 aromatic rings. The molecule has 318 valence electrons. The molecule has 0 aliphatic rings. The van der Waals surface area contributed by atoms with Crippen molar-refractivity contribution in [3.8, 4) is 0 Å². The lowest BCUT2D eigenvalue weighted by molar-refractivity contribution is -0.132. The zero-order valence-corrected chi connectivity index (χ0v) is 35.7. The summed E-state index contributed by atoms with van der Waals surface area (Å²) in [4.78, 5) is 12.5. The first-order valence-electron chi connectivity index (χ1n) is 23.4. The molecule has 0 bridgehead atoms. The van der Waals surface area contributed by atoms with Crippen LogP contribution < -0.4 is 5.32 Å². The van der Waals surface area contributed by atoms with Gasteiger partial charge in [-0.05, 0) is 64.2 Å². The van der Waals surface area contributed by atoms with E-state index in [0.717, 1.165) is 51.4 Å². The van der Waals surface area contributed by atoms with Crippen LogP contribution in [-0.4, -0.2) is 57.3 Å². The van der Waals surface area contributed by atoms with Gasteiger partial charge in [-0.1, -0.05) is 204 Å². The van der Waals surface area contributed by atoms with Crippen LogP contribution in [0.15, 0.2) is 36.5 Å². The number of aliphatic hydroxyl groups is 4. The fourth-order valence-electron chi connectivity index (χ4n) is 7.08. The quantitative estimate of drug-likeness (QED) is 0.0314. The molecule has 0 aromatic carbocycles. The third-order valence-electron chi connectivity index (χ3n) is 10.8. The molecule has 0 saturated carbocycles. The molecule has 6 heteroatoms. The normalized spacial score (nSPS) is 14.4. The highest BCUT2D eigenvalue weighted by molar-refractivity contribution is 5.80. The SMILES string of the molecule is CCCCCC/C=C/CC/C=C/CC/C=C/CCCC(O)C(O)C(CO)NC(=O)C(O)CCCCCCCCCCCCCCCCCCCCCCC. The molecule has 0 saturated heterocycles. The molecule has 0 aliphatic carbocycles. The number of allylic oxidation sites excluding steroid dienone is 6. The maximum absolute atomic E-state index is 12.5. The number of nitrogens with one attached hydrogen (secondary N) is 1. The van der Waals surface area contributed by atoms with Gasteiger partial charge < -0.3 is 25.7 Å². The Kier molecular flexibility index (Phi) is 41.5. The maximum atomic E-state index is 12.5. The maximum Gasteiger partial charge on any atom is 0.249 e. The van der Waals surface area contributed by atoms with Gasteiger partial charge in [0.05, 0.1) is 18.8 Å². The average molecular weight is 762 g/mol. The molecule has 5 N–H and O–H groups in total. The van der Waals surface area contributed by atoms with Crippen molar-refractivity contribution in [2.75, 3.05) is 6.61 Å². The van der Waals surface area contributed by atoms with Crippen molar-refractivity contribution in [2.45, 2.75) is 257 Å². The number of amides is 1. The van der Waals surface area contributed by atoms with Gasteiger partial charge in [-0.25, -0.2) is 0 Å². The molecule has 0 aromatic heterocycles. The Hall–Kier alpha value is -1.47. The fraction of sp³-hybridized carbons (Fsp3) is 0.854. The van der Waals surface area contributed by atoms with Crippen LogP contribution in [0.1, 0.15) is 232 Å². The summed E-state index contributed by atoms with van der Waals surface area (Å²) in [6.07, 6.45) is 50.4. The van der Waals surface area contributed by atoms with E-state index in [4.69, 9.17) is 0 Å². The summed E-state index contributed by atoms with van der Waals surface area (Å²) < 4.78 is 0. The lowest BCUT2D eigenvalue weighted by Crippen LogP contribution is -2.53. The second-order valence-electron chi connectivity index (χ2n) is 16.1. The largest absolute Gasteiger partial charge is 0.394 e. The Morgan fingerprint density at radius 1 is 0.444 bits per heavy atom. The summed E-state index contributed by atoms with van der Waals surface area (Å²) >= 11 is 0. The van der Waals surface area contributed by atoms with Crippen LogP contribution >= 0.6 is 0 Å². The van der Waals surface area contributed by atoms with Crippen molar-refractivity contribution >= 4 is 5.91 Å². The molecule has 0 spiro atoms. The molecule has 0 radical (unpaired) electrons. The fourth-order valence-corrected chi connectivity index (χ4v) is 7.08. The first kappa shape index (κ1) is 52.5. The van der Waals surface area contributed by atoms with E-state index >= 15 is 0 Å². The Balaban J connectivity index is 3.76. The van der Waals surface area contributed by atoms with Crippen molar-refractivity contribution in [3.63, 3.8) is 0 Å². The van der Waals surface area contributed by atoms with Gasteiger partial charge >= 0.3 is 0 Å². The molecular formula is C48H91NO5. The van der Waals surface area contributed by atoms with Crippen molar-refractivity contribution in [1.82, 2.24) is 5.32 Å². The monoisotopic (exact) mass is 762 g/mol. The van der Waals surface area contributed by atoms with Crippen LogP contribution in [0.3, 0.4) is 0 Å². The van der Waals surface area contributed by atoms with E-state index in [2.05, 4.69) is 55.6 Å². The zero-order chi connectivity index (χ0) is 39.6. The Bertz CT molecular complexity index is 858. The Labute approximate surface area is 335 Å². The van der Waals surface area contributed by atoms with E-state index in [1.807, 2.05) is 0 Å². The highest BCUT2D eigenvalue weighted by Gasteiger charge is 2.28. The molecule has 0 fully saturated rings. The number of rotatable bonds is 42. The van der Waals surface area contributed by atoms with E-state index < -0.39 is 36.9 Å². The predicted octanol–water partition coefficient (Wildman–Crippen LogP) is 12.5. The van der Waals surface area contributed by atoms with E-state index in [9.17, 15) is 25.2 Å². The van der Waals surface area contributed by atoms with Gasteiger partial charge in [-0.2, -0.15) is 0 Å². The molecule has 0 heterocycles. The number of hydrogen-bond donors (Lipinski definition) is 5. The van der Waals surface area contributed by atoms with E-state index in [1.54, 1.807) is 0 Å². The lowest BCUT2D eigenvalue weighted by atomic mass is 10.00. The van der Waals surface area contributed by atoms with Crippen LogP contribution in [0.25, 0.3) is 0 Å². The van der Waals surface area contributed by atoms with Gasteiger partial charge in [-0.3, -0.25) is 4.79 Å². The number of unbranched alkanes of at least 4 members (excludes halogenated alkanes) is 27. The zero-order valence-electron chi connectivity index (χ0n) is 35.7. The summed E-state index contributed by atoms with van der Waals surface area (Å²) in [5.41, 5.74) is 0. The lowest BCUT2D eigenvalue weighted by Gasteiger charge is -2.27. The second-order valence-corrected chi connectivity index (χ2v) is 16.1. The first-order valence-corrected chi connectivity index (χ1v) is 23.4. The van der Waals surface area contributed by atoms with Gasteiger partial charge in [-0.15, -0.1) is 0 Å². The molecule has 4 unspecified atom stereocenters. The predicted molar refractivity (Wildman–Crippen MR) is 233 cm³/mol. The van der Waals surface area contributed by atoms with Crippen molar-refractivity contribution in [3.05, 3.63) is 36.5 Å². The molecule has 4 atom stereocenters. The van der Waals surface area contributed by atoms with Crippen LogP contribution in [0, 0.1) is 0 Å². The van der Waals surface area contributed by atoms with Gasteiger partial charge in [0.1, 0.15) is 12.2 Å². The van der Waals surface area contributed by atoms with Gasteiger partial charge in [0.15, 0.2) is 0 Å². The standard InChI is InChI=1S/C48H91NO5/c1-3-5-7-9-11-13-15-17-19-21-22-23-24-26-28-30-32-34-36-38-40-42-46(52)48(54)49-44(43-50)47(53)45(51)41-39-37-35-33-31-29-27-25-20-18-16-14-12-10-8-6-4-2/h14,16,25,27,33,35,44-47,50-53H,3-13,15,17-24,26,28-32,34,36-43H2,1-2H3,(H,49,54)/b16-14+,27-25+,35-33+. The van der Waals surface area contributed by atoms with Crippen molar-refractivity contribution < 1.29 is 25.2 Å². The average Bonchev–Trinajstić information content (AvgIpc) is 3.18. The number of carbonyl (C=O) groups is 1. The smallest absolute Gasteiger partial charge is 0.249 e. The minimum Gasteiger partial charge on any atom is -0.394 e. The third-order valence-corrected chi connectivity index (χ3v) is 10.8.